The number of hydrogen-bond acceptors (Lipinski definition) is 2. The van der Waals surface area contributed by atoms with Crippen LogP contribution in [0.3, 0.4) is 0 Å². The number of nitrogens with zero attached hydrogens (tertiary/aromatic N) is 1. The molecule has 0 aliphatic rings. The van der Waals surface area contributed by atoms with E-state index in [1.807, 2.05) is 13.8 Å². The van der Waals surface area contributed by atoms with E-state index in [4.69, 9.17) is 16.7 Å². The third-order valence-electron chi connectivity index (χ3n) is 0.943. The van der Waals surface area contributed by atoms with Crippen LogP contribution >= 0.6 is 11.6 Å². The van der Waals surface area contributed by atoms with Gasteiger partial charge in [0.1, 0.15) is 5.17 Å². The van der Waals surface area contributed by atoms with Gasteiger partial charge in [-0.2, -0.15) is 0 Å². The average Bonchev–Trinajstić information content (AvgIpc) is 1.98. The number of carboxylic acids is 1. The van der Waals surface area contributed by atoms with Crippen LogP contribution < -0.4 is 0 Å². The molecule has 0 aromatic carbocycles. The number of allylic oxidation sites excluding steroid dienone is 1. The number of carbonyl (C=O) groups is 1. The maximum Gasteiger partial charge on any atom is 0.338 e. The van der Waals surface area contributed by atoms with Crippen LogP contribution in [0.1, 0.15) is 13.8 Å². The van der Waals surface area contributed by atoms with E-state index in [1.165, 1.54) is 6.20 Å². The zero-order valence-electron chi connectivity index (χ0n) is 6.97. The molecule has 0 aromatic rings. The summed E-state index contributed by atoms with van der Waals surface area (Å²) >= 11 is 5.50. The van der Waals surface area contributed by atoms with Gasteiger partial charge in [-0.05, 0) is 13.8 Å². The number of aliphatic imine (C=N–C) groups is 1. The van der Waals surface area contributed by atoms with Gasteiger partial charge >= 0.3 is 5.97 Å². The molecular formula is C8H10ClNO2. The fourth-order valence-electron chi connectivity index (χ4n) is 0.352. The fourth-order valence-corrected chi connectivity index (χ4v) is 0.482. The van der Waals surface area contributed by atoms with Gasteiger partial charge in [-0.25, -0.2) is 9.79 Å². The van der Waals surface area contributed by atoms with E-state index in [9.17, 15) is 4.79 Å². The van der Waals surface area contributed by atoms with Gasteiger partial charge in [0.25, 0.3) is 0 Å². The third kappa shape index (κ3) is 3.93. The molecule has 0 aliphatic heterocycles. The van der Waals surface area contributed by atoms with Crippen molar-refractivity contribution >= 4 is 22.7 Å². The van der Waals surface area contributed by atoms with Crippen LogP contribution in [0.2, 0.25) is 0 Å². The molecule has 0 aromatic heterocycles. The Labute approximate surface area is 76.1 Å². The summed E-state index contributed by atoms with van der Waals surface area (Å²) in [6, 6.07) is 0. The van der Waals surface area contributed by atoms with E-state index >= 15 is 0 Å². The molecule has 0 aliphatic carbocycles. The first-order valence-corrected chi connectivity index (χ1v) is 3.62. The lowest BCUT2D eigenvalue weighted by Gasteiger charge is -1.93. The summed E-state index contributed by atoms with van der Waals surface area (Å²) in [5.41, 5.74) is 0.737. The highest BCUT2D eigenvalue weighted by Gasteiger charge is 2.07. The van der Waals surface area contributed by atoms with Gasteiger partial charge in [0.2, 0.25) is 0 Å². The fraction of sp³-hybridized carbons (Fsp3) is 0.250. The lowest BCUT2D eigenvalue weighted by atomic mass is 10.3. The van der Waals surface area contributed by atoms with Crippen LogP contribution in [0.15, 0.2) is 28.9 Å². The van der Waals surface area contributed by atoms with Crippen molar-refractivity contribution in [3.8, 4) is 0 Å². The third-order valence-corrected chi connectivity index (χ3v) is 1.27. The molecule has 0 saturated carbocycles. The predicted octanol–water partition coefficient (Wildman–Crippen LogP) is 2.19. The summed E-state index contributed by atoms with van der Waals surface area (Å²) in [5.74, 6) is -1.16. The molecule has 3 nitrogen and oxygen atoms in total. The molecule has 0 atom stereocenters. The Morgan fingerprint density at radius 2 is 2.08 bits per heavy atom. The van der Waals surface area contributed by atoms with Crippen molar-refractivity contribution in [2.45, 2.75) is 13.8 Å². The molecule has 0 radical (unpaired) electrons. The van der Waals surface area contributed by atoms with Crippen LogP contribution in [0.25, 0.3) is 0 Å². The molecule has 12 heavy (non-hydrogen) atoms. The molecule has 0 heterocycles. The molecule has 0 unspecified atom stereocenters. The summed E-state index contributed by atoms with van der Waals surface area (Å²) in [4.78, 5) is 14.0. The average molecular weight is 188 g/mol. The second-order valence-electron chi connectivity index (χ2n) is 2.41. The standard InChI is InChI=1S/C8H10ClNO2/c1-5(2)4-10-7(9)6(3)8(11)12/h4H,3H2,1-2H3,(H,11,12). The molecule has 66 valence electrons. The summed E-state index contributed by atoms with van der Waals surface area (Å²) in [5, 5.41) is 8.34. The minimum absolute atomic E-state index is 0.0938. The van der Waals surface area contributed by atoms with Crippen molar-refractivity contribution in [3.63, 3.8) is 0 Å². The Bertz CT molecular complexity index is 262. The minimum Gasteiger partial charge on any atom is -0.478 e. The van der Waals surface area contributed by atoms with Gasteiger partial charge < -0.3 is 5.11 Å². The van der Waals surface area contributed by atoms with Crippen molar-refractivity contribution in [3.05, 3.63) is 23.9 Å². The van der Waals surface area contributed by atoms with Crippen molar-refractivity contribution in [2.75, 3.05) is 0 Å². The summed E-state index contributed by atoms with van der Waals surface area (Å²) in [6.45, 7) is 6.90. The van der Waals surface area contributed by atoms with Crippen LogP contribution in [-0.4, -0.2) is 16.2 Å². The number of halogens is 1. The van der Waals surface area contributed by atoms with Crippen molar-refractivity contribution < 1.29 is 9.90 Å². The summed E-state index contributed by atoms with van der Waals surface area (Å²) in [6.07, 6.45) is 1.48. The van der Waals surface area contributed by atoms with E-state index in [0.717, 1.165) is 5.57 Å². The van der Waals surface area contributed by atoms with Crippen LogP contribution in [0.4, 0.5) is 0 Å². The monoisotopic (exact) mass is 187 g/mol. The van der Waals surface area contributed by atoms with Crippen molar-refractivity contribution in [1.29, 1.82) is 0 Å². The van der Waals surface area contributed by atoms with Gasteiger partial charge in [-0.1, -0.05) is 23.8 Å². The maximum absolute atomic E-state index is 10.3. The number of rotatable bonds is 3. The quantitative estimate of drug-likeness (QED) is 0.544. The highest BCUT2D eigenvalue weighted by molar-refractivity contribution is 6.72. The van der Waals surface area contributed by atoms with Crippen LogP contribution in [-0.2, 0) is 4.79 Å². The molecule has 0 fully saturated rings. The highest BCUT2D eigenvalue weighted by atomic mass is 35.5. The Morgan fingerprint density at radius 1 is 1.58 bits per heavy atom. The zero-order valence-corrected chi connectivity index (χ0v) is 7.72. The Kier molecular flexibility index (Phi) is 4.29. The SMILES string of the molecule is C=C(C(=O)O)C(Cl)=NC=C(C)C. The molecule has 0 amide bonds. The summed E-state index contributed by atoms with van der Waals surface area (Å²) < 4.78 is 0. The smallest absolute Gasteiger partial charge is 0.338 e. The lowest BCUT2D eigenvalue weighted by Crippen LogP contribution is -2.05. The molecule has 4 heteroatoms. The van der Waals surface area contributed by atoms with E-state index < -0.39 is 5.97 Å². The zero-order chi connectivity index (χ0) is 9.72. The molecular weight excluding hydrogens is 178 g/mol. The Morgan fingerprint density at radius 3 is 2.42 bits per heavy atom. The number of hydrogen-bond donors (Lipinski definition) is 1. The Hall–Kier alpha value is -1.09. The maximum atomic E-state index is 10.3. The van der Waals surface area contributed by atoms with Crippen LogP contribution in [0, 0.1) is 0 Å². The topological polar surface area (TPSA) is 49.7 Å². The van der Waals surface area contributed by atoms with Crippen molar-refractivity contribution in [2.24, 2.45) is 4.99 Å². The minimum atomic E-state index is -1.16. The second-order valence-corrected chi connectivity index (χ2v) is 2.77. The number of aliphatic carboxylic acids is 1. The van der Waals surface area contributed by atoms with E-state index in [2.05, 4.69) is 11.6 Å². The first-order valence-electron chi connectivity index (χ1n) is 3.24. The predicted molar refractivity (Wildman–Crippen MR) is 49.5 cm³/mol. The number of carboxylic acid groups (broad SMARTS) is 1. The first-order chi connectivity index (χ1) is 5.45. The van der Waals surface area contributed by atoms with Gasteiger partial charge in [0.15, 0.2) is 0 Å². The Balaban J connectivity index is 4.49. The van der Waals surface area contributed by atoms with Gasteiger partial charge in [0.05, 0.1) is 5.57 Å². The van der Waals surface area contributed by atoms with E-state index in [0.29, 0.717) is 0 Å². The van der Waals surface area contributed by atoms with E-state index in [1.54, 1.807) is 0 Å². The van der Waals surface area contributed by atoms with Crippen molar-refractivity contribution in [1.82, 2.24) is 0 Å². The lowest BCUT2D eigenvalue weighted by molar-refractivity contribution is -0.131. The molecule has 0 spiro atoms. The van der Waals surface area contributed by atoms with Gasteiger partial charge in [0, 0.05) is 6.20 Å². The molecule has 0 rings (SSSR count). The normalized spacial score (nSPS) is 10.8. The van der Waals surface area contributed by atoms with Gasteiger partial charge in [-0.3, -0.25) is 0 Å². The van der Waals surface area contributed by atoms with Crippen LogP contribution in [0.5, 0.6) is 0 Å². The molecule has 1 N–H and O–H groups in total. The highest BCUT2D eigenvalue weighted by Crippen LogP contribution is 2.02. The summed E-state index contributed by atoms with van der Waals surface area (Å²) in [7, 11) is 0. The molecule has 0 bridgehead atoms. The van der Waals surface area contributed by atoms with E-state index in [-0.39, 0.29) is 10.7 Å². The first kappa shape index (κ1) is 10.9. The second kappa shape index (κ2) is 4.72. The van der Waals surface area contributed by atoms with Gasteiger partial charge in [-0.15, -0.1) is 0 Å². The molecule has 0 saturated heterocycles. The largest absolute Gasteiger partial charge is 0.478 e.